The lowest BCUT2D eigenvalue weighted by atomic mass is 10.2. The van der Waals surface area contributed by atoms with Crippen molar-refractivity contribution in [2.75, 3.05) is 18.8 Å². The fourth-order valence-corrected chi connectivity index (χ4v) is 4.03. The number of hydrogen-bond acceptors (Lipinski definition) is 5. The number of nitrogens with one attached hydrogen (secondary N) is 1. The predicted octanol–water partition coefficient (Wildman–Crippen LogP) is 1.61. The Balaban J connectivity index is 2.34. The zero-order valence-corrected chi connectivity index (χ0v) is 14.6. The fraction of sp³-hybridized carbons (Fsp3) is 0.133. The Morgan fingerprint density at radius 3 is 2.08 bits per heavy atom. The predicted molar refractivity (Wildman–Crippen MR) is 89.3 cm³/mol. The maximum atomic E-state index is 12.4. The molecule has 0 bridgehead atoms. The highest BCUT2D eigenvalue weighted by Gasteiger charge is 2.20. The van der Waals surface area contributed by atoms with Gasteiger partial charge in [-0.1, -0.05) is 12.1 Å². The minimum Gasteiger partial charge on any atom is -0.280 e. The molecule has 0 saturated carbocycles. The summed E-state index contributed by atoms with van der Waals surface area (Å²) in [7, 11) is -4.73. The number of nitriles is 1. The highest BCUT2D eigenvalue weighted by molar-refractivity contribution is 7.92. The zero-order valence-electron chi connectivity index (χ0n) is 13.0. The standard InChI is InChI=1S/C15H15N3O4S2/c1-18(2)24(21,22)14-9-7-13(8-10-14)17-23(19,20)15-6-4-3-5-12(15)11-16/h3-10,17H,1-2H3. The van der Waals surface area contributed by atoms with Crippen LogP contribution in [-0.4, -0.2) is 35.2 Å². The third-order valence-electron chi connectivity index (χ3n) is 3.18. The van der Waals surface area contributed by atoms with Crippen molar-refractivity contribution in [2.24, 2.45) is 0 Å². The van der Waals surface area contributed by atoms with Crippen LogP contribution in [0.4, 0.5) is 5.69 Å². The molecule has 0 aromatic heterocycles. The van der Waals surface area contributed by atoms with E-state index >= 15 is 0 Å². The van der Waals surface area contributed by atoms with Crippen molar-refractivity contribution in [2.45, 2.75) is 9.79 Å². The van der Waals surface area contributed by atoms with Gasteiger partial charge >= 0.3 is 0 Å². The maximum absolute atomic E-state index is 12.4. The molecule has 0 saturated heterocycles. The SMILES string of the molecule is CN(C)S(=O)(=O)c1ccc(NS(=O)(=O)c2ccccc2C#N)cc1. The molecule has 1 N–H and O–H groups in total. The number of benzene rings is 2. The molecule has 9 heteroatoms. The van der Waals surface area contributed by atoms with Crippen molar-refractivity contribution >= 4 is 25.7 Å². The van der Waals surface area contributed by atoms with Crippen LogP contribution in [-0.2, 0) is 20.0 Å². The maximum Gasteiger partial charge on any atom is 0.263 e. The van der Waals surface area contributed by atoms with Crippen LogP contribution in [0.15, 0.2) is 58.3 Å². The Bertz CT molecular complexity index is 990. The van der Waals surface area contributed by atoms with Crippen LogP contribution in [0.5, 0.6) is 0 Å². The summed E-state index contributed by atoms with van der Waals surface area (Å²) in [6.45, 7) is 0. The van der Waals surface area contributed by atoms with Crippen molar-refractivity contribution in [1.29, 1.82) is 5.26 Å². The molecule has 2 aromatic carbocycles. The minimum absolute atomic E-state index is 0.0248. The number of sulfonamides is 2. The third-order valence-corrected chi connectivity index (χ3v) is 6.45. The average molecular weight is 365 g/mol. The molecule has 7 nitrogen and oxygen atoms in total. The van der Waals surface area contributed by atoms with Gasteiger partial charge < -0.3 is 0 Å². The van der Waals surface area contributed by atoms with Gasteiger partial charge in [-0.15, -0.1) is 0 Å². The minimum atomic E-state index is -3.95. The summed E-state index contributed by atoms with van der Waals surface area (Å²) >= 11 is 0. The van der Waals surface area contributed by atoms with Crippen molar-refractivity contribution in [3.8, 4) is 6.07 Å². The van der Waals surface area contributed by atoms with Crippen LogP contribution >= 0.6 is 0 Å². The lowest BCUT2D eigenvalue weighted by Gasteiger charge is -2.12. The first-order valence-corrected chi connectivity index (χ1v) is 9.65. The van der Waals surface area contributed by atoms with Crippen LogP contribution in [0.1, 0.15) is 5.56 Å². The van der Waals surface area contributed by atoms with E-state index < -0.39 is 20.0 Å². The van der Waals surface area contributed by atoms with Gasteiger partial charge in [0.25, 0.3) is 10.0 Å². The Morgan fingerprint density at radius 1 is 0.958 bits per heavy atom. The highest BCUT2D eigenvalue weighted by Crippen LogP contribution is 2.21. The molecule has 2 aromatic rings. The number of rotatable bonds is 5. The Morgan fingerprint density at radius 2 is 1.54 bits per heavy atom. The van der Waals surface area contributed by atoms with E-state index in [0.29, 0.717) is 0 Å². The van der Waals surface area contributed by atoms with E-state index in [1.807, 2.05) is 6.07 Å². The summed E-state index contributed by atoms with van der Waals surface area (Å²) in [5.74, 6) is 0. The highest BCUT2D eigenvalue weighted by atomic mass is 32.2. The van der Waals surface area contributed by atoms with Gasteiger partial charge in [0.05, 0.1) is 10.5 Å². The van der Waals surface area contributed by atoms with Crippen LogP contribution < -0.4 is 4.72 Å². The van der Waals surface area contributed by atoms with Crippen LogP contribution in [0.25, 0.3) is 0 Å². The van der Waals surface area contributed by atoms with Gasteiger partial charge in [-0.2, -0.15) is 5.26 Å². The molecule has 2 rings (SSSR count). The molecular formula is C15H15N3O4S2. The van der Waals surface area contributed by atoms with E-state index in [4.69, 9.17) is 5.26 Å². The van der Waals surface area contributed by atoms with Crippen LogP contribution in [0.2, 0.25) is 0 Å². The molecule has 0 aliphatic carbocycles. The number of hydrogen-bond donors (Lipinski definition) is 1. The monoisotopic (exact) mass is 365 g/mol. The van der Waals surface area contributed by atoms with Gasteiger partial charge in [0.15, 0.2) is 0 Å². The first kappa shape index (κ1) is 17.9. The van der Waals surface area contributed by atoms with Gasteiger partial charge in [0.2, 0.25) is 10.0 Å². The summed E-state index contributed by atoms with van der Waals surface area (Å²) < 4.78 is 52.1. The van der Waals surface area contributed by atoms with Crippen LogP contribution in [0.3, 0.4) is 0 Å². The lowest BCUT2D eigenvalue weighted by molar-refractivity contribution is 0.521. The molecule has 0 heterocycles. The number of nitrogens with zero attached hydrogens (tertiary/aromatic N) is 2. The molecule has 24 heavy (non-hydrogen) atoms. The molecule has 0 radical (unpaired) electrons. The molecule has 0 aliphatic heterocycles. The van der Waals surface area contributed by atoms with E-state index in [0.717, 1.165) is 4.31 Å². The Hall–Kier alpha value is -2.41. The van der Waals surface area contributed by atoms with E-state index in [2.05, 4.69) is 4.72 Å². The topological polar surface area (TPSA) is 107 Å². The smallest absolute Gasteiger partial charge is 0.263 e. The van der Waals surface area contributed by atoms with E-state index in [1.165, 1.54) is 56.6 Å². The molecule has 0 spiro atoms. The van der Waals surface area contributed by atoms with Crippen molar-refractivity contribution in [3.63, 3.8) is 0 Å². The summed E-state index contributed by atoms with van der Waals surface area (Å²) in [5, 5.41) is 9.01. The Kier molecular flexibility index (Phi) is 4.94. The second-order valence-electron chi connectivity index (χ2n) is 5.03. The Labute approximate surface area is 141 Å². The van der Waals surface area contributed by atoms with Crippen molar-refractivity contribution in [1.82, 2.24) is 4.31 Å². The summed E-state index contributed by atoms with van der Waals surface area (Å²) in [6, 6.07) is 13.0. The molecule has 0 amide bonds. The summed E-state index contributed by atoms with van der Waals surface area (Å²) in [6.07, 6.45) is 0. The molecule has 0 atom stereocenters. The molecular weight excluding hydrogens is 350 g/mol. The van der Waals surface area contributed by atoms with Gasteiger partial charge in [-0.05, 0) is 36.4 Å². The third kappa shape index (κ3) is 3.56. The number of anilines is 1. The van der Waals surface area contributed by atoms with Gasteiger partial charge in [0, 0.05) is 19.8 Å². The molecule has 126 valence electrons. The average Bonchev–Trinajstić information content (AvgIpc) is 2.54. The van der Waals surface area contributed by atoms with Gasteiger partial charge in [0.1, 0.15) is 11.0 Å². The van der Waals surface area contributed by atoms with Crippen molar-refractivity contribution < 1.29 is 16.8 Å². The first-order chi connectivity index (χ1) is 11.2. The molecule has 0 fully saturated rings. The lowest BCUT2D eigenvalue weighted by Crippen LogP contribution is -2.22. The second-order valence-corrected chi connectivity index (χ2v) is 8.83. The molecule has 0 unspecified atom stereocenters. The zero-order chi connectivity index (χ0) is 18.0. The quantitative estimate of drug-likeness (QED) is 0.866. The summed E-state index contributed by atoms with van der Waals surface area (Å²) in [4.78, 5) is -0.0923. The normalized spacial score (nSPS) is 11.9. The first-order valence-electron chi connectivity index (χ1n) is 6.73. The van der Waals surface area contributed by atoms with E-state index in [-0.39, 0.29) is 21.0 Å². The van der Waals surface area contributed by atoms with E-state index in [9.17, 15) is 16.8 Å². The van der Waals surface area contributed by atoms with Crippen molar-refractivity contribution in [3.05, 3.63) is 54.1 Å². The van der Waals surface area contributed by atoms with Gasteiger partial charge in [-0.25, -0.2) is 21.1 Å². The second kappa shape index (κ2) is 6.60. The largest absolute Gasteiger partial charge is 0.280 e. The molecule has 0 aliphatic rings. The fourth-order valence-electron chi connectivity index (χ4n) is 1.91. The van der Waals surface area contributed by atoms with Crippen LogP contribution in [0, 0.1) is 11.3 Å². The summed E-state index contributed by atoms with van der Waals surface area (Å²) in [5.41, 5.74) is 0.220. The van der Waals surface area contributed by atoms with E-state index in [1.54, 1.807) is 6.07 Å². The van der Waals surface area contributed by atoms with Gasteiger partial charge in [-0.3, -0.25) is 4.72 Å².